The Labute approximate surface area is 175 Å². The van der Waals surface area contributed by atoms with E-state index in [0.29, 0.717) is 0 Å². The van der Waals surface area contributed by atoms with Crippen molar-refractivity contribution in [2.45, 2.75) is 78.1 Å². The second kappa shape index (κ2) is 7.81. The van der Waals surface area contributed by atoms with Gasteiger partial charge in [-0.25, -0.2) is 9.78 Å². The number of rotatable bonds is 6. The van der Waals surface area contributed by atoms with Gasteiger partial charge in [0.1, 0.15) is 5.82 Å². The predicted molar refractivity (Wildman–Crippen MR) is 120 cm³/mol. The van der Waals surface area contributed by atoms with Crippen molar-refractivity contribution in [2.24, 2.45) is 0 Å². The van der Waals surface area contributed by atoms with Gasteiger partial charge in [0.15, 0.2) is 0 Å². The average molecular weight is 395 g/mol. The molecule has 0 bridgehead atoms. The zero-order chi connectivity index (χ0) is 21.4. The number of fused-ring (bicyclic) bond motifs is 1. The zero-order valence-corrected chi connectivity index (χ0v) is 18.7. The smallest absolute Gasteiger partial charge is 0.337 e. The Bertz CT molecular complexity index is 892. The van der Waals surface area contributed by atoms with Crippen molar-refractivity contribution < 1.29 is 9.90 Å². The molecule has 1 aromatic heterocycles. The molecular formula is C25H34N2O2. The SMILES string of the molecule is CCCCN(c1ccc(C(=O)O)cn1)c1cc(C(C)(C)C)cc2c1CCC2(C)C. The number of anilines is 2. The molecule has 0 amide bonds. The van der Waals surface area contributed by atoms with Gasteiger partial charge in [-0.3, -0.25) is 0 Å². The molecule has 3 rings (SSSR count). The molecule has 0 saturated carbocycles. The van der Waals surface area contributed by atoms with Gasteiger partial charge in [0.2, 0.25) is 0 Å². The fraction of sp³-hybridized carbons (Fsp3) is 0.520. The Kier molecular flexibility index (Phi) is 5.75. The molecule has 4 heteroatoms. The normalized spacial score (nSPS) is 15.2. The summed E-state index contributed by atoms with van der Waals surface area (Å²) in [5.41, 5.74) is 5.89. The topological polar surface area (TPSA) is 53.4 Å². The molecule has 1 aliphatic rings. The maximum Gasteiger partial charge on any atom is 0.337 e. The van der Waals surface area contributed by atoms with E-state index >= 15 is 0 Å². The molecule has 0 fully saturated rings. The highest BCUT2D eigenvalue weighted by Gasteiger charge is 2.34. The molecule has 0 atom stereocenters. The van der Waals surface area contributed by atoms with E-state index in [4.69, 9.17) is 0 Å². The van der Waals surface area contributed by atoms with Crippen LogP contribution in [0.1, 0.15) is 87.9 Å². The monoisotopic (exact) mass is 394 g/mol. The van der Waals surface area contributed by atoms with E-state index in [1.54, 1.807) is 6.07 Å². The summed E-state index contributed by atoms with van der Waals surface area (Å²) in [6, 6.07) is 8.24. The number of unbranched alkanes of at least 4 members (excludes halogenated alkanes) is 1. The van der Waals surface area contributed by atoms with Crippen molar-refractivity contribution in [3.8, 4) is 0 Å². The van der Waals surface area contributed by atoms with Gasteiger partial charge in [-0.15, -0.1) is 0 Å². The lowest BCUT2D eigenvalue weighted by atomic mass is 9.80. The van der Waals surface area contributed by atoms with Crippen molar-refractivity contribution >= 4 is 17.5 Å². The van der Waals surface area contributed by atoms with Crippen LogP contribution in [0, 0.1) is 0 Å². The minimum Gasteiger partial charge on any atom is -0.478 e. The number of nitrogens with zero attached hydrogens (tertiary/aromatic N) is 2. The summed E-state index contributed by atoms with van der Waals surface area (Å²) in [6.45, 7) is 14.5. The second-order valence-electron chi connectivity index (χ2n) is 9.87. The van der Waals surface area contributed by atoms with Gasteiger partial charge in [-0.2, -0.15) is 0 Å². The van der Waals surface area contributed by atoms with Crippen molar-refractivity contribution in [1.82, 2.24) is 4.98 Å². The maximum atomic E-state index is 11.3. The average Bonchev–Trinajstić information content (AvgIpc) is 2.96. The van der Waals surface area contributed by atoms with E-state index in [2.05, 4.69) is 63.6 Å². The van der Waals surface area contributed by atoms with E-state index < -0.39 is 5.97 Å². The summed E-state index contributed by atoms with van der Waals surface area (Å²) >= 11 is 0. The molecule has 0 radical (unpaired) electrons. The number of aromatic nitrogens is 1. The number of carbonyl (C=O) groups is 1. The minimum atomic E-state index is -0.943. The lowest BCUT2D eigenvalue weighted by molar-refractivity contribution is 0.0696. The van der Waals surface area contributed by atoms with Gasteiger partial charge < -0.3 is 10.0 Å². The summed E-state index contributed by atoms with van der Waals surface area (Å²) in [4.78, 5) is 18.1. The van der Waals surface area contributed by atoms with Crippen LogP contribution >= 0.6 is 0 Å². The second-order valence-corrected chi connectivity index (χ2v) is 9.87. The van der Waals surface area contributed by atoms with Crippen LogP contribution in [0.3, 0.4) is 0 Å². The molecule has 29 heavy (non-hydrogen) atoms. The van der Waals surface area contributed by atoms with Crippen molar-refractivity contribution in [3.05, 3.63) is 52.7 Å². The number of aromatic carboxylic acids is 1. The van der Waals surface area contributed by atoms with E-state index in [1.165, 1.54) is 28.6 Å². The molecular weight excluding hydrogens is 360 g/mol. The first kappa shape index (κ1) is 21.4. The Balaban J connectivity index is 2.17. The van der Waals surface area contributed by atoms with Gasteiger partial charge in [0, 0.05) is 18.4 Å². The molecule has 4 nitrogen and oxygen atoms in total. The Morgan fingerprint density at radius 3 is 2.52 bits per heavy atom. The molecule has 1 N–H and O–H groups in total. The van der Waals surface area contributed by atoms with Crippen LogP contribution in [0.2, 0.25) is 0 Å². The Morgan fingerprint density at radius 2 is 1.97 bits per heavy atom. The van der Waals surface area contributed by atoms with Gasteiger partial charge in [-0.1, -0.05) is 54.0 Å². The molecule has 0 unspecified atom stereocenters. The van der Waals surface area contributed by atoms with E-state index in [1.807, 2.05) is 6.07 Å². The summed E-state index contributed by atoms with van der Waals surface area (Å²) in [5, 5.41) is 9.23. The fourth-order valence-corrected chi connectivity index (χ4v) is 4.12. The van der Waals surface area contributed by atoms with Gasteiger partial charge >= 0.3 is 5.97 Å². The molecule has 156 valence electrons. The fourth-order valence-electron chi connectivity index (χ4n) is 4.12. The number of carboxylic acid groups (broad SMARTS) is 1. The van der Waals surface area contributed by atoms with Crippen LogP contribution in [0.15, 0.2) is 30.5 Å². The highest BCUT2D eigenvalue weighted by Crippen LogP contribution is 2.46. The zero-order valence-electron chi connectivity index (χ0n) is 18.7. The molecule has 2 aromatic rings. The summed E-state index contributed by atoms with van der Waals surface area (Å²) in [6.07, 6.45) is 5.83. The molecule has 0 spiro atoms. The molecule has 0 saturated heterocycles. The number of hydrogen-bond donors (Lipinski definition) is 1. The third kappa shape index (κ3) is 4.31. The summed E-state index contributed by atoms with van der Waals surface area (Å²) in [5.74, 6) is -0.122. The minimum absolute atomic E-state index is 0.0550. The predicted octanol–water partition coefficient (Wildman–Crippen LogP) is 6.24. The van der Waals surface area contributed by atoms with E-state index in [-0.39, 0.29) is 16.4 Å². The number of hydrogen-bond acceptors (Lipinski definition) is 3. The van der Waals surface area contributed by atoms with Crippen LogP contribution < -0.4 is 4.90 Å². The standard InChI is InChI=1S/C25H34N2O2/c1-7-8-13-27(22-10-9-17(16-26-22)23(28)29)21-15-18(24(2,3)4)14-20-19(21)11-12-25(20,5)6/h9-10,14-16H,7-8,11-13H2,1-6H3,(H,28,29). The van der Waals surface area contributed by atoms with Gasteiger partial charge in [0.25, 0.3) is 0 Å². The lowest BCUT2D eigenvalue weighted by Gasteiger charge is -2.31. The van der Waals surface area contributed by atoms with E-state index in [9.17, 15) is 9.90 Å². The highest BCUT2D eigenvalue weighted by atomic mass is 16.4. The Morgan fingerprint density at radius 1 is 1.24 bits per heavy atom. The first-order valence-electron chi connectivity index (χ1n) is 10.7. The molecule has 1 heterocycles. The summed E-state index contributed by atoms with van der Waals surface area (Å²) < 4.78 is 0. The maximum absolute atomic E-state index is 11.3. The lowest BCUT2D eigenvalue weighted by Crippen LogP contribution is -2.23. The van der Waals surface area contributed by atoms with Gasteiger partial charge in [-0.05, 0) is 65.0 Å². The molecule has 1 aliphatic carbocycles. The molecule has 0 aliphatic heterocycles. The quantitative estimate of drug-likeness (QED) is 0.630. The third-order valence-electron chi connectivity index (χ3n) is 6.12. The summed E-state index contributed by atoms with van der Waals surface area (Å²) in [7, 11) is 0. The van der Waals surface area contributed by atoms with Crippen LogP contribution in [0.4, 0.5) is 11.5 Å². The van der Waals surface area contributed by atoms with Crippen molar-refractivity contribution in [3.63, 3.8) is 0 Å². The van der Waals surface area contributed by atoms with Crippen LogP contribution in [-0.4, -0.2) is 22.6 Å². The number of carboxylic acids is 1. The van der Waals surface area contributed by atoms with Crippen LogP contribution in [0.25, 0.3) is 0 Å². The Hall–Kier alpha value is -2.36. The van der Waals surface area contributed by atoms with Crippen molar-refractivity contribution in [1.29, 1.82) is 0 Å². The van der Waals surface area contributed by atoms with E-state index in [0.717, 1.165) is 38.0 Å². The van der Waals surface area contributed by atoms with Crippen molar-refractivity contribution in [2.75, 3.05) is 11.4 Å². The first-order valence-corrected chi connectivity index (χ1v) is 10.7. The van der Waals surface area contributed by atoms with Crippen LogP contribution in [-0.2, 0) is 17.3 Å². The third-order valence-corrected chi connectivity index (χ3v) is 6.12. The highest BCUT2D eigenvalue weighted by molar-refractivity contribution is 5.87. The van der Waals surface area contributed by atoms with Gasteiger partial charge in [0.05, 0.1) is 5.56 Å². The number of benzene rings is 1. The van der Waals surface area contributed by atoms with Crippen LogP contribution in [0.5, 0.6) is 0 Å². The molecule has 1 aromatic carbocycles. The number of pyridine rings is 1. The largest absolute Gasteiger partial charge is 0.478 e. The first-order chi connectivity index (χ1) is 13.5.